The van der Waals surface area contributed by atoms with E-state index in [1.165, 1.54) is 11.3 Å². The van der Waals surface area contributed by atoms with E-state index in [1.54, 1.807) is 21.1 Å². The van der Waals surface area contributed by atoms with Crippen molar-refractivity contribution in [1.29, 1.82) is 0 Å². The molecule has 0 saturated heterocycles. The van der Waals surface area contributed by atoms with Crippen molar-refractivity contribution in [2.75, 3.05) is 54.1 Å². The summed E-state index contributed by atoms with van der Waals surface area (Å²) in [4.78, 5) is 23.4. The van der Waals surface area contributed by atoms with Crippen LogP contribution in [0.4, 0.5) is 0 Å². The molecule has 1 rings (SSSR count). The molecular weight excluding hydrogens is 354 g/mol. The molecule has 26 heavy (non-hydrogen) atoms. The normalized spacial score (nSPS) is 13.0. The Morgan fingerprint density at radius 3 is 2.77 bits per heavy atom. The molecule has 0 aliphatic rings. The van der Waals surface area contributed by atoms with Crippen LogP contribution in [-0.4, -0.2) is 75.9 Å². The van der Waals surface area contributed by atoms with Crippen molar-refractivity contribution < 1.29 is 14.3 Å². The van der Waals surface area contributed by atoms with Crippen LogP contribution >= 0.6 is 11.3 Å². The summed E-state index contributed by atoms with van der Waals surface area (Å²) < 4.78 is 10.1. The van der Waals surface area contributed by atoms with E-state index in [0.29, 0.717) is 29.7 Å². The van der Waals surface area contributed by atoms with Crippen molar-refractivity contribution in [2.45, 2.75) is 26.8 Å². The van der Waals surface area contributed by atoms with Crippen molar-refractivity contribution in [2.24, 2.45) is 4.99 Å². The van der Waals surface area contributed by atoms with E-state index in [4.69, 9.17) is 9.47 Å². The largest absolute Gasteiger partial charge is 0.462 e. The average molecular weight is 386 g/mol. The summed E-state index contributed by atoms with van der Waals surface area (Å²) in [6, 6.07) is -0.0701. The summed E-state index contributed by atoms with van der Waals surface area (Å²) in [6.45, 7) is 9.20. The van der Waals surface area contributed by atoms with Gasteiger partial charge in [0.25, 0.3) is 0 Å². The van der Waals surface area contributed by atoms with Gasteiger partial charge in [-0.05, 0) is 27.8 Å². The summed E-state index contributed by atoms with van der Waals surface area (Å²) in [5, 5.41) is 7.41. The van der Waals surface area contributed by atoms with Crippen molar-refractivity contribution in [3.8, 4) is 0 Å². The second kappa shape index (κ2) is 11.8. The third kappa shape index (κ3) is 7.27. The number of nitrogens with zero attached hydrogens (tertiary/aromatic N) is 3. The van der Waals surface area contributed by atoms with E-state index >= 15 is 0 Å². The summed E-state index contributed by atoms with van der Waals surface area (Å²) in [6.07, 6.45) is 0. The fourth-order valence-electron chi connectivity index (χ4n) is 2.17. The summed E-state index contributed by atoms with van der Waals surface area (Å²) in [5.74, 6) is 0.380. The molecular formula is C17H31N5O3S. The number of hydrogen-bond acceptors (Lipinski definition) is 7. The van der Waals surface area contributed by atoms with Gasteiger partial charge in [-0.3, -0.25) is 4.99 Å². The standard InChI is InChI=1S/C17H31N5O3S/c1-7-25-16(23)14-12(2)20-15(26-14)13(3)21-17(18-4)19-8-9-22(5)10-11-24-6/h13H,7-11H2,1-6H3,(H2,18,19,21). The minimum absolute atomic E-state index is 0.0701. The van der Waals surface area contributed by atoms with Gasteiger partial charge in [-0.15, -0.1) is 11.3 Å². The van der Waals surface area contributed by atoms with Gasteiger partial charge in [0.15, 0.2) is 5.96 Å². The summed E-state index contributed by atoms with van der Waals surface area (Å²) in [5.41, 5.74) is 0.694. The number of nitrogens with one attached hydrogen (secondary N) is 2. The molecule has 0 spiro atoms. The molecule has 1 heterocycles. The number of guanidine groups is 1. The maximum Gasteiger partial charge on any atom is 0.350 e. The lowest BCUT2D eigenvalue weighted by Gasteiger charge is -2.19. The van der Waals surface area contributed by atoms with Gasteiger partial charge in [-0.2, -0.15) is 0 Å². The molecule has 1 aromatic heterocycles. The zero-order chi connectivity index (χ0) is 19.5. The highest BCUT2D eigenvalue weighted by molar-refractivity contribution is 7.13. The number of rotatable bonds is 10. The summed E-state index contributed by atoms with van der Waals surface area (Å²) >= 11 is 1.35. The van der Waals surface area contributed by atoms with E-state index in [2.05, 4.69) is 32.6 Å². The first-order valence-electron chi connectivity index (χ1n) is 8.72. The molecule has 148 valence electrons. The van der Waals surface area contributed by atoms with E-state index < -0.39 is 0 Å². The Morgan fingerprint density at radius 1 is 1.42 bits per heavy atom. The molecule has 0 aliphatic carbocycles. The minimum atomic E-state index is -0.317. The first kappa shape index (κ1) is 22.3. The molecule has 0 saturated carbocycles. The lowest BCUT2D eigenvalue weighted by Crippen LogP contribution is -2.42. The maximum absolute atomic E-state index is 11.9. The van der Waals surface area contributed by atoms with Crippen LogP contribution in [0, 0.1) is 6.92 Å². The van der Waals surface area contributed by atoms with Gasteiger partial charge in [-0.1, -0.05) is 0 Å². The maximum atomic E-state index is 11.9. The number of likely N-dealkylation sites (N-methyl/N-ethyl adjacent to an activating group) is 1. The molecule has 1 aromatic rings. The molecule has 0 fully saturated rings. The number of hydrogen-bond donors (Lipinski definition) is 2. The number of carbonyl (C=O) groups is 1. The van der Waals surface area contributed by atoms with Crippen LogP contribution in [0.5, 0.6) is 0 Å². The lowest BCUT2D eigenvalue weighted by atomic mass is 10.3. The Balaban J connectivity index is 2.55. The SMILES string of the molecule is CCOC(=O)c1sc(C(C)NC(=NC)NCCN(C)CCOC)nc1C. The molecule has 0 bridgehead atoms. The second-order valence-corrected chi connectivity index (χ2v) is 6.88. The van der Waals surface area contributed by atoms with Crippen LogP contribution in [0.3, 0.4) is 0 Å². The highest BCUT2D eigenvalue weighted by Gasteiger charge is 2.20. The van der Waals surface area contributed by atoms with Gasteiger partial charge in [0.1, 0.15) is 9.88 Å². The first-order chi connectivity index (χ1) is 12.4. The number of aliphatic imine (C=N–C) groups is 1. The van der Waals surface area contributed by atoms with Crippen LogP contribution in [-0.2, 0) is 9.47 Å². The zero-order valence-corrected chi connectivity index (χ0v) is 17.4. The van der Waals surface area contributed by atoms with Crippen LogP contribution in [0.2, 0.25) is 0 Å². The predicted octanol–water partition coefficient (Wildman–Crippen LogP) is 1.43. The number of esters is 1. The smallest absolute Gasteiger partial charge is 0.350 e. The van der Waals surface area contributed by atoms with Crippen molar-refractivity contribution in [3.05, 3.63) is 15.6 Å². The topological polar surface area (TPSA) is 88.1 Å². The summed E-state index contributed by atoms with van der Waals surface area (Å²) in [7, 11) is 5.48. The number of aryl methyl sites for hydroxylation is 1. The minimum Gasteiger partial charge on any atom is -0.462 e. The Bertz CT molecular complexity index is 591. The fraction of sp³-hybridized carbons (Fsp3) is 0.706. The van der Waals surface area contributed by atoms with Crippen molar-refractivity contribution in [1.82, 2.24) is 20.5 Å². The monoisotopic (exact) mass is 385 g/mol. The second-order valence-electron chi connectivity index (χ2n) is 5.85. The number of methoxy groups -OCH3 is 1. The first-order valence-corrected chi connectivity index (χ1v) is 9.53. The number of carbonyl (C=O) groups excluding carboxylic acids is 1. The molecule has 0 aliphatic heterocycles. The van der Waals surface area contributed by atoms with Crippen LogP contribution in [0.25, 0.3) is 0 Å². The number of thiazole rings is 1. The number of aromatic nitrogens is 1. The van der Waals surface area contributed by atoms with Gasteiger partial charge in [0.05, 0.1) is 24.9 Å². The van der Waals surface area contributed by atoms with Gasteiger partial charge in [0, 0.05) is 33.8 Å². The quantitative estimate of drug-likeness (QED) is 0.358. The van der Waals surface area contributed by atoms with E-state index in [-0.39, 0.29) is 12.0 Å². The lowest BCUT2D eigenvalue weighted by molar-refractivity contribution is 0.0531. The highest BCUT2D eigenvalue weighted by atomic mass is 32.1. The van der Waals surface area contributed by atoms with E-state index in [1.807, 2.05) is 13.8 Å². The molecule has 0 radical (unpaired) electrons. The molecule has 0 amide bonds. The molecule has 8 nitrogen and oxygen atoms in total. The Morgan fingerprint density at radius 2 is 2.15 bits per heavy atom. The third-order valence-electron chi connectivity index (χ3n) is 3.68. The molecule has 9 heteroatoms. The number of ether oxygens (including phenoxy) is 2. The third-order valence-corrected chi connectivity index (χ3v) is 5.00. The van der Waals surface area contributed by atoms with Crippen LogP contribution < -0.4 is 10.6 Å². The zero-order valence-electron chi connectivity index (χ0n) is 16.6. The Hall–Kier alpha value is -1.71. The molecule has 0 aromatic carbocycles. The fourth-order valence-corrected chi connectivity index (χ4v) is 3.14. The Labute approximate surface area is 160 Å². The van der Waals surface area contributed by atoms with Gasteiger partial charge < -0.3 is 25.0 Å². The average Bonchev–Trinajstić information content (AvgIpc) is 3.01. The van der Waals surface area contributed by atoms with Gasteiger partial charge in [-0.25, -0.2) is 9.78 Å². The van der Waals surface area contributed by atoms with Gasteiger partial charge >= 0.3 is 5.97 Å². The molecule has 1 atom stereocenters. The predicted molar refractivity (Wildman–Crippen MR) is 105 cm³/mol. The van der Waals surface area contributed by atoms with Crippen molar-refractivity contribution >= 4 is 23.3 Å². The van der Waals surface area contributed by atoms with Crippen LogP contribution in [0.1, 0.15) is 40.3 Å². The van der Waals surface area contributed by atoms with Crippen molar-refractivity contribution in [3.63, 3.8) is 0 Å². The van der Waals surface area contributed by atoms with E-state index in [9.17, 15) is 4.79 Å². The van der Waals surface area contributed by atoms with E-state index in [0.717, 1.165) is 24.6 Å². The Kier molecular flexibility index (Phi) is 10.2. The molecule has 2 N–H and O–H groups in total. The van der Waals surface area contributed by atoms with Gasteiger partial charge in [0.2, 0.25) is 0 Å². The highest BCUT2D eigenvalue weighted by Crippen LogP contribution is 2.24. The van der Waals surface area contributed by atoms with Crippen LogP contribution in [0.15, 0.2) is 4.99 Å². The molecule has 1 unspecified atom stereocenters.